The van der Waals surface area contributed by atoms with E-state index in [0.717, 1.165) is 35.6 Å². The molecular formula is C30H33Cl2N3O5S. The number of carbonyl (C=O) groups is 2. The van der Waals surface area contributed by atoms with Gasteiger partial charge in [-0.15, -0.1) is 0 Å². The van der Waals surface area contributed by atoms with Crippen LogP contribution in [0.15, 0.2) is 77.7 Å². The van der Waals surface area contributed by atoms with E-state index in [1.807, 2.05) is 0 Å². The topological polar surface area (TPSA) is 96.0 Å². The van der Waals surface area contributed by atoms with Crippen LogP contribution in [0.4, 0.5) is 5.69 Å². The van der Waals surface area contributed by atoms with Crippen LogP contribution in [-0.4, -0.2) is 50.9 Å². The molecule has 4 rings (SSSR count). The van der Waals surface area contributed by atoms with E-state index in [-0.39, 0.29) is 29.1 Å². The third kappa shape index (κ3) is 7.72. The number of ether oxygens (including phenoxy) is 1. The number of sulfonamides is 1. The van der Waals surface area contributed by atoms with Crippen LogP contribution in [0.3, 0.4) is 0 Å². The molecule has 11 heteroatoms. The highest BCUT2D eigenvalue weighted by molar-refractivity contribution is 7.92. The number of carbonyl (C=O) groups excluding carboxylic acids is 2. The molecule has 1 N–H and O–H groups in total. The van der Waals surface area contributed by atoms with Crippen LogP contribution >= 0.6 is 23.2 Å². The first-order valence-corrected chi connectivity index (χ1v) is 15.5. The zero-order valence-corrected chi connectivity index (χ0v) is 25.3. The second-order valence-corrected chi connectivity index (χ2v) is 12.7. The Morgan fingerprint density at radius 2 is 1.63 bits per heavy atom. The molecule has 1 saturated carbocycles. The minimum absolute atomic E-state index is 0.0385. The molecule has 0 radical (unpaired) electrons. The maximum Gasteiger partial charge on any atom is 0.264 e. The molecule has 1 fully saturated rings. The summed E-state index contributed by atoms with van der Waals surface area (Å²) in [6.45, 7) is 1.19. The first kappa shape index (κ1) is 30.7. The van der Waals surface area contributed by atoms with E-state index in [4.69, 9.17) is 27.9 Å². The molecule has 2 amide bonds. The number of anilines is 1. The molecular weight excluding hydrogens is 585 g/mol. The Hall–Kier alpha value is -3.27. The van der Waals surface area contributed by atoms with Crippen LogP contribution < -0.4 is 14.4 Å². The molecule has 8 nitrogen and oxygen atoms in total. The van der Waals surface area contributed by atoms with Crippen molar-refractivity contribution in [3.8, 4) is 5.75 Å². The fraction of sp³-hybridized carbons (Fsp3) is 0.333. The van der Waals surface area contributed by atoms with Gasteiger partial charge in [-0.2, -0.15) is 0 Å². The van der Waals surface area contributed by atoms with Gasteiger partial charge in [0.1, 0.15) is 18.3 Å². The van der Waals surface area contributed by atoms with Crippen molar-refractivity contribution in [3.05, 3.63) is 88.4 Å². The van der Waals surface area contributed by atoms with E-state index < -0.39 is 28.5 Å². The van der Waals surface area contributed by atoms with E-state index in [1.165, 1.54) is 35.2 Å². The van der Waals surface area contributed by atoms with Gasteiger partial charge in [0.15, 0.2) is 0 Å². The lowest BCUT2D eigenvalue weighted by atomic mass is 10.1. The molecule has 1 aliphatic rings. The number of nitrogens with one attached hydrogen (secondary N) is 1. The number of rotatable bonds is 11. The molecule has 3 aromatic rings. The Labute approximate surface area is 251 Å². The summed E-state index contributed by atoms with van der Waals surface area (Å²) in [4.78, 5) is 28.7. The van der Waals surface area contributed by atoms with Crippen molar-refractivity contribution in [3.63, 3.8) is 0 Å². The summed E-state index contributed by atoms with van der Waals surface area (Å²) in [6.07, 6.45) is 3.88. The number of benzene rings is 3. The molecule has 0 bridgehead atoms. The average Bonchev–Trinajstić information content (AvgIpc) is 3.47. The second-order valence-electron chi connectivity index (χ2n) is 9.98. The van der Waals surface area contributed by atoms with Gasteiger partial charge in [0, 0.05) is 22.6 Å². The van der Waals surface area contributed by atoms with Gasteiger partial charge in [-0.1, -0.05) is 54.2 Å². The summed E-state index contributed by atoms with van der Waals surface area (Å²) in [5.41, 5.74) is 0.975. The zero-order chi connectivity index (χ0) is 29.6. The zero-order valence-electron chi connectivity index (χ0n) is 22.9. The highest BCUT2D eigenvalue weighted by atomic mass is 35.5. The van der Waals surface area contributed by atoms with Crippen LogP contribution in [0.2, 0.25) is 10.0 Å². The average molecular weight is 619 g/mol. The van der Waals surface area contributed by atoms with Gasteiger partial charge >= 0.3 is 0 Å². The molecule has 41 heavy (non-hydrogen) atoms. The second kappa shape index (κ2) is 13.6. The Morgan fingerprint density at radius 1 is 0.976 bits per heavy atom. The summed E-state index contributed by atoms with van der Waals surface area (Å²) < 4.78 is 34.0. The van der Waals surface area contributed by atoms with Gasteiger partial charge in [0.2, 0.25) is 11.8 Å². The number of methoxy groups -OCH3 is 1. The van der Waals surface area contributed by atoms with Crippen LogP contribution in [0.5, 0.6) is 5.75 Å². The van der Waals surface area contributed by atoms with Crippen LogP contribution in [-0.2, 0) is 26.2 Å². The lowest BCUT2D eigenvalue weighted by Crippen LogP contribution is -2.52. The molecule has 1 aliphatic carbocycles. The first-order chi connectivity index (χ1) is 19.6. The molecule has 1 atom stereocenters. The standard InChI is InChI=1S/C30H33Cl2N3O5S/c1-21(30(37)33-25-7-3-4-8-25)34(19-22-10-14-27(40-2)15-11-22)29(36)20-35(26-9-5-6-24(32)18-26)41(38,39)28-16-12-23(31)13-17-28/h5-6,9-18,21,25H,3-4,7-8,19-20H2,1-2H3,(H,33,37)/t21-/m0/s1. The highest BCUT2D eigenvalue weighted by Crippen LogP contribution is 2.28. The Morgan fingerprint density at radius 3 is 2.24 bits per heavy atom. The van der Waals surface area contributed by atoms with Crippen molar-refractivity contribution >= 4 is 50.7 Å². The minimum Gasteiger partial charge on any atom is -0.497 e. The van der Waals surface area contributed by atoms with Crippen LogP contribution in [0.25, 0.3) is 0 Å². The third-order valence-electron chi connectivity index (χ3n) is 7.16. The van der Waals surface area contributed by atoms with E-state index in [1.54, 1.807) is 56.5 Å². The summed E-state index contributed by atoms with van der Waals surface area (Å²) in [5, 5.41) is 3.74. The van der Waals surface area contributed by atoms with Crippen molar-refractivity contribution in [2.75, 3.05) is 18.0 Å². The lowest BCUT2D eigenvalue weighted by molar-refractivity contribution is -0.139. The van der Waals surface area contributed by atoms with Crippen molar-refractivity contribution in [1.29, 1.82) is 0 Å². The highest BCUT2D eigenvalue weighted by Gasteiger charge is 2.33. The number of halogens is 2. The van der Waals surface area contributed by atoms with Crippen molar-refractivity contribution in [2.45, 2.75) is 56.1 Å². The summed E-state index contributed by atoms with van der Waals surface area (Å²) in [6, 6.07) is 18.3. The lowest BCUT2D eigenvalue weighted by Gasteiger charge is -2.32. The van der Waals surface area contributed by atoms with E-state index >= 15 is 0 Å². The smallest absolute Gasteiger partial charge is 0.264 e. The number of nitrogens with zero attached hydrogens (tertiary/aromatic N) is 2. The van der Waals surface area contributed by atoms with Gasteiger partial charge in [0.05, 0.1) is 17.7 Å². The molecule has 0 spiro atoms. The largest absolute Gasteiger partial charge is 0.497 e. The molecule has 0 heterocycles. The third-order valence-corrected chi connectivity index (χ3v) is 9.43. The van der Waals surface area contributed by atoms with Crippen molar-refractivity contribution in [2.24, 2.45) is 0 Å². The van der Waals surface area contributed by atoms with Crippen molar-refractivity contribution < 1.29 is 22.7 Å². The molecule has 0 saturated heterocycles. The number of hydrogen-bond acceptors (Lipinski definition) is 5. The van der Waals surface area contributed by atoms with Gasteiger partial charge in [0.25, 0.3) is 10.0 Å². The fourth-order valence-corrected chi connectivity index (χ4v) is 6.51. The molecule has 0 aromatic heterocycles. The molecule has 218 valence electrons. The van der Waals surface area contributed by atoms with Gasteiger partial charge < -0.3 is 15.0 Å². The predicted molar refractivity (Wildman–Crippen MR) is 161 cm³/mol. The fourth-order valence-electron chi connectivity index (χ4n) is 4.80. The Balaban J connectivity index is 1.68. The minimum atomic E-state index is -4.21. The maximum atomic E-state index is 14.0. The molecule has 0 aliphatic heterocycles. The number of hydrogen-bond donors (Lipinski definition) is 1. The maximum absolute atomic E-state index is 14.0. The van der Waals surface area contributed by atoms with Gasteiger partial charge in [-0.05, 0) is 79.9 Å². The predicted octanol–water partition coefficient (Wildman–Crippen LogP) is 5.67. The summed E-state index contributed by atoms with van der Waals surface area (Å²) >= 11 is 12.2. The summed E-state index contributed by atoms with van der Waals surface area (Å²) in [7, 11) is -2.65. The molecule has 3 aromatic carbocycles. The molecule has 0 unspecified atom stereocenters. The Kier molecular flexibility index (Phi) is 10.2. The quantitative estimate of drug-likeness (QED) is 0.299. The van der Waals surface area contributed by atoms with E-state index in [9.17, 15) is 18.0 Å². The van der Waals surface area contributed by atoms with E-state index in [2.05, 4.69) is 5.32 Å². The van der Waals surface area contributed by atoms with Crippen LogP contribution in [0, 0.1) is 0 Å². The Bertz CT molecular complexity index is 1460. The van der Waals surface area contributed by atoms with Crippen LogP contribution in [0.1, 0.15) is 38.2 Å². The SMILES string of the molecule is COc1ccc(CN(C(=O)CN(c2cccc(Cl)c2)S(=O)(=O)c2ccc(Cl)cc2)[C@@H](C)C(=O)NC2CCCC2)cc1. The van der Waals surface area contributed by atoms with Gasteiger partial charge in [-0.3, -0.25) is 13.9 Å². The first-order valence-electron chi connectivity index (χ1n) is 13.3. The summed E-state index contributed by atoms with van der Waals surface area (Å²) in [5.74, 6) is -0.180. The monoisotopic (exact) mass is 617 g/mol. The van der Waals surface area contributed by atoms with Gasteiger partial charge in [-0.25, -0.2) is 8.42 Å². The normalized spacial score (nSPS) is 14.3. The van der Waals surface area contributed by atoms with E-state index in [0.29, 0.717) is 15.8 Å². The number of amides is 2. The van der Waals surface area contributed by atoms with Crippen molar-refractivity contribution in [1.82, 2.24) is 10.2 Å².